The van der Waals surface area contributed by atoms with Gasteiger partial charge in [0.05, 0.1) is 5.69 Å². The molecule has 0 aliphatic carbocycles. The van der Waals surface area contributed by atoms with E-state index in [1.807, 2.05) is 11.8 Å². The number of aryl methyl sites for hydroxylation is 1. The van der Waals surface area contributed by atoms with Crippen LogP contribution in [0.1, 0.15) is 23.5 Å². The van der Waals surface area contributed by atoms with Gasteiger partial charge < -0.3 is 10.6 Å². The molecule has 2 aromatic carbocycles. The van der Waals surface area contributed by atoms with Crippen molar-refractivity contribution in [3.8, 4) is 0 Å². The Labute approximate surface area is 130 Å². The predicted molar refractivity (Wildman–Crippen MR) is 89.4 cm³/mol. The van der Waals surface area contributed by atoms with E-state index >= 15 is 0 Å². The van der Waals surface area contributed by atoms with Gasteiger partial charge in [0.2, 0.25) is 0 Å². The van der Waals surface area contributed by atoms with E-state index in [0.29, 0.717) is 12.0 Å². The van der Waals surface area contributed by atoms with Crippen LogP contribution in [-0.2, 0) is 0 Å². The summed E-state index contributed by atoms with van der Waals surface area (Å²) in [6, 6.07) is 16.1. The van der Waals surface area contributed by atoms with E-state index in [1.54, 1.807) is 0 Å². The molecule has 0 unspecified atom stereocenters. The van der Waals surface area contributed by atoms with Crippen LogP contribution in [0.5, 0.6) is 0 Å². The van der Waals surface area contributed by atoms with E-state index < -0.39 is 0 Å². The standard InChI is InChI=1S/C18H20N2S/c1-12-5-7-13(8-6-12)21-17-4-2-3-14-15-11-19-10-9-16(15)20-18(14)17/h2-8,15-16,19-20H,9-11H2,1H3/t15-,16-/m1/s1. The normalized spacial score (nSPS) is 23.3. The molecule has 1 fully saturated rings. The van der Waals surface area contributed by atoms with E-state index in [9.17, 15) is 0 Å². The minimum Gasteiger partial charge on any atom is -0.380 e. The molecule has 2 aliphatic rings. The van der Waals surface area contributed by atoms with Crippen molar-refractivity contribution in [3.63, 3.8) is 0 Å². The van der Waals surface area contributed by atoms with Gasteiger partial charge in [0.25, 0.3) is 0 Å². The number of para-hydroxylation sites is 1. The third-order valence-corrected chi connectivity index (χ3v) is 5.59. The van der Waals surface area contributed by atoms with Crippen molar-refractivity contribution in [1.82, 2.24) is 5.32 Å². The molecule has 3 heteroatoms. The van der Waals surface area contributed by atoms with Crippen LogP contribution in [0, 0.1) is 6.92 Å². The highest BCUT2D eigenvalue weighted by molar-refractivity contribution is 7.99. The molecule has 2 aliphatic heterocycles. The third kappa shape index (κ3) is 2.45. The summed E-state index contributed by atoms with van der Waals surface area (Å²) in [7, 11) is 0. The molecule has 0 amide bonds. The second-order valence-electron chi connectivity index (χ2n) is 5.99. The van der Waals surface area contributed by atoms with Crippen LogP contribution in [0.4, 0.5) is 5.69 Å². The first kappa shape index (κ1) is 13.2. The summed E-state index contributed by atoms with van der Waals surface area (Å²) in [5.41, 5.74) is 4.17. The van der Waals surface area contributed by atoms with Gasteiger partial charge in [-0.25, -0.2) is 0 Å². The Balaban J connectivity index is 1.66. The Bertz CT molecular complexity index is 651. The molecule has 108 valence electrons. The maximum absolute atomic E-state index is 3.78. The molecule has 0 radical (unpaired) electrons. The molecule has 2 heterocycles. The molecule has 0 bridgehead atoms. The quantitative estimate of drug-likeness (QED) is 0.875. The minimum absolute atomic E-state index is 0.612. The van der Waals surface area contributed by atoms with Gasteiger partial charge >= 0.3 is 0 Å². The van der Waals surface area contributed by atoms with Crippen LogP contribution in [0.25, 0.3) is 0 Å². The summed E-state index contributed by atoms with van der Waals surface area (Å²) in [5, 5.41) is 7.30. The van der Waals surface area contributed by atoms with Gasteiger partial charge in [0.1, 0.15) is 0 Å². The first-order valence-electron chi connectivity index (χ1n) is 7.66. The number of anilines is 1. The smallest absolute Gasteiger partial charge is 0.0521 e. The number of fused-ring (bicyclic) bond motifs is 3. The summed E-state index contributed by atoms with van der Waals surface area (Å²) in [6.07, 6.45) is 1.22. The van der Waals surface area contributed by atoms with E-state index in [-0.39, 0.29) is 0 Å². The molecule has 0 aromatic heterocycles. The Morgan fingerprint density at radius 1 is 1.10 bits per heavy atom. The molecule has 21 heavy (non-hydrogen) atoms. The second-order valence-corrected chi connectivity index (χ2v) is 7.10. The lowest BCUT2D eigenvalue weighted by molar-refractivity contribution is 0.440. The van der Waals surface area contributed by atoms with E-state index in [4.69, 9.17) is 0 Å². The van der Waals surface area contributed by atoms with Crippen LogP contribution in [0.15, 0.2) is 52.3 Å². The fourth-order valence-corrected chi connectivity index (χ4v) is 4.32. The first-order valence-corrected chi connectivity index (χ1v) is 8.47. The zero-order chi connectivity index (χ0) is 14.2. The SMILES string of the molecule is Cc1ccc(Sc2cccc3c2N[C@@H]2CCNC[C@H]32)cc1. The zero-order valence-electron chi connectivity index (χ0n) is 12.2. The average Bonchev–Trinajstić information content (AvgIpc) is 2.89. The van der Waals surface area contributed by atoms with Crippen LogP contribution >= 0.6 is 11.8 Å². The zero-order valence-corrected chi connectivity index (χ0v) is 13.0. The van der Waals surface area contributed by atoms with E-state index in [0.717, 1.165) is 13.1 Å². The molecule has 2 aromatic rings. The fraction of sp³-hybridized carbons (Fsp3) is 0.333. The maximum Gasteiger partial charge on any atom is 0.0521 e. The molecule has 1 saturated heterocycles. The monoisotopic (exact) mass is 296 g/mol. The highest BCUT2D eigenvalue weighted by Gasteiger charge is 2.34. The van der Waals surface area contributed by atoms with Gasteiger partial charge in [-0.1, -0.05) is 41.6 Å². The number of piperidine rings is 1. The second kappa shape index (κ2) is 5.39. The van der Waals surface area contributed by atoms with Crippen molar-refractivity contribution < 1.29 is 0 Å². The lowest BCUT2D eigenvalue weighted by Gasteiger charge is -2.26. The Morgan fingerprint density at radius 2 is 1.95 bits per heavy atom. The van der Waals surface area contributed by atoms with Gasteiger partial charge in [-0.15, -0.1) is 0 Å². The number of nitrogens with one attached hydrogen (secondary N) is 2. The molecule has 0 saturated carbocycles. The maximum atomic E-state index is 3.78. The largest absolute Gasteiger partial charge is 0.380 e. The average molecular weight is 296 g/mol. The fourth-order valence-electron chi connectivity index (χ4n) is 3.37. The van der Waals surface area contributed by atoms with E-state index in [1.165, 1.54) is 33.0 Å². The lowest BCUT2D eigenvalue weighted by Crippen LogP contribution is -2.38. The molecular weight excluding hydrogens is 276 g/mol. The highest BCUT2D eigenvalue weighted by Crippen LogP contribution is 2.45. The van der Waals surface area contributed by atoms with Crippen LogP contribution in [0.2, 0.25) is 0 Å². The third-order valence-electron chi connectivity index (χ3n) is 4.52. The number of rotatable bonds is 2. The first-order chi connectivity index (χ1) is 10.3. The number of hydrogen-bond acceptors (Lipinski definition) is 3. The summed E-state index contributed by atoms with van der Waals surface area (Å²) >= 11 is 1.86. The van der Waals surface area contributed by atoms with Gasteiger partial charge in [0.15, 0.2) is 0 Å². The van der Waals surface area contributed by atoms with Crippen LogP contribution < -0.4 is 10.6 Å². The van der Waals surface area contributed by atoms with Crippen molar-refractivity contribution in [2.75, 3.05) is 18.4 Å². The number of benzene rings is 2. The Morgan fingerprint density at radius 3 is 2.81 bits per heavy atom. The molecular formula is C18H20N2S. The molecule has 2 atom stereocenters. The van der Waals surface area contributed by atoms with Gasteiger partial charge in [-0.2, -0.15) is 0 Å². The van der Waals surface area contributed by atoms with Crippen molar-refractivity contribution in [2.45, 2.75) is 35.1 Å². The summed E-state index contributed by atoms with van der Waals surface area (Å²) in [6.45, 7) is 4.36. The Kier molecular flexibility index (Phi) is 3.40. The Hall–Kier alpha value is -1.45. The van der Waals surface area contributed by atoms with Crippen LogP contribution in [0.3, 0.4) is 0 Å². The van der Waals surface area contributed by atoms with Crippen molar-refractivity contribution >= 4 is 17.4 Å². The topological polar surface area (TPSA) is 24.1 Å². The highest BCUT2D eigenvalue weighted by atomic mass is 32.2. The van der Waals surface area contributed by atoms with Crippen molar-refractivity contribution in [2.24, 2.45) is 0 Å². The predicted octanol–water partition coefficient (Wildman–Crippen LogP) is 4.02. The van der Waals surface area contributed by atoms with Gasteiger partial charge in [-0.3, -0.25) is 0 Å². The van der Waals surface area contributed by atoms with Crippen molar-refractivity contribution in [3.05, 3.63) is 53.6 Å². The van der Waals surface area contributed by atoms with Gasteiger partial charge in [0, 0.05) is 28.3 Å². The van der Waals surface area contributed by atoms with Crippen molar-refractivity contribution in [1.29, 1.82) is 0 Å². The van der Waals surface area contributed by atoms with Gasteiger partial charge in [-0.05, 0) is 43.7 Å². The summed E-state index contributed by atoms with van der Waals surface area (Å²) in [4.78, 5) is 2.66. The summed E-state index contributed by atoms with van der Waals surface area (Å²) in [5.74, 6) is 0.632. The molecule has 2 nitrogen and oxygen atoms in total. The minimum atomic E-state index is 0.612. The molecule has 0 spiro atoms. The van der Waals surface area contributed by atoms with Crippen LogP contribution in [-0.4, -0.2) is 19.1 Å². The molecule has 4 rings (SSSR count). The molecule has 2 N–H and O–H groups in total. The number of hydrogen-bond donors (Lipinski definition) is 2. The summed E-state index contributed by atoms with van der Waals surface area (Å²) < 4.78 is 0. The van der Waals surface area contributed by atoms with E-state index in [2.05, 4.69) is 60.0 Å². The lowest BCUT2D eigenvalue weighted by atomic mass is 9.91.